The van der Waals surface area contributed by atoms with Crippen LogP contribution in [0.15, 0.2) is 54.6 Å². The maximum absolute atomic E-state index is 9.07. The monoisotopic (exact) mass is 235 g/mol. The Morgan fingerprint density at radius 2 is 1.12 bits per heavy atom. The van der Waals surface area contributed by atoms with Crippen molar-refractivity contribution in [3.05, 3.63) is 54.6 Å². The minimum Gasteiger partial charge on any atom is -0.189 e. The molecule has 0 aliphatic rings. The first-order chi connectivity index (χ1) is 7.57. The van der Waals surface area contributed by atoms with Gasteiger partial charge in [-0.25, -0.2) is 0 Å². The Morgan fingerprint density at radius 1 is 0.625 bits per heavy atom. The topological polar surface area (TPSA) is 60.7 Å². The summed E-state index contributed by atoms with van der Waals surface area (Å²) in [5, 5.41) is 0.159. The van der Waals surface area contributed by atoms with Gasteiger partial charge in [-0.3, -0.25) is 0 Å². The smallest absolute Gasteiger partial charge is 0.189 e. The summed E-state index contributed by atoms with van der Waals surface area (Å²) in [7, 11) is -3.88. The Morgan fingerprint density at radius 3 is 1.62 bits per heavy atom. The first-order valence-electron chi connectivity index (χ1n) is 4.81. The van der Waals surface area contributed by atoms with Crippen LogP contribution in [-0.2, 0) is 0 Å². The van der Waals surface area contributed by atoms with Crippen LogP contribution < -0.4 is 5.30 Å². The van der Waals surface area contributed by atoms with E-state index in [4.69, 9.17) is 14.7 Å². The zero-order valence-electron chi connectivity index (χ0n) is 8.49. The Labute approximate surface area is 94.2 Å². The molecule has 0 amide bonds. The first-order valence-corrected chi connectivity index (χ1v) is 6.45. The molecule has 0 unspecified atom stereocenters. The minimum absolute atomic E-state index is 0.159. The maximum atomic E-state index is 9.07. The van der Waals surface area contributed by atoms with Gasteiger partial charge in [0.05, 0.1) is 0 Å². The van der Waals surface area contributed by atoms with Crippen LogP contribution in [0.3, 0.4) is 0 Å². The van der Waals surface area contributed by atoms with Crippen molar-refractivity contribution >= 4 is 13.2 Å². The lowest BCUT2D eigenvalue weighted by atomic mass is 10.1. The van der Waals surface area contributed by atoms with Gasteiger partial charge in [-0.2, -0.15) is 14.7 Å². The molecule has 4 heteroatoms. The molecule has 3 N–H and O–H groups in total. The average Bonchev–Trinajstić information content (AvgIpc) is 2.29. The largest absolute Gasteiger partial charge is 0.440 e. The Kier molecular flexibility index (Phi) is 3.03. The van der Waals surface area contributed by atoms with E-state index in [0.717, 1.165) is 11.1 Å². The van der Waals surface area contributed by atoms with Gasteiger partial charge >= 0.3 is 7.94 Å². The van der Waals surface area contributed by atoms with Crippen LogP contribution in [0.25, 0.3) is 11.1 Å². The molecule has 0 aromatic heterocycles. The van der Waals surface area contributed by atoms with Crippen LogP contribution in [0, 0.1) is 0 Å². The fourth-order valence-corrected chi connectivity index (χ4v) is 2.03. The molecule has 2 aromatic carbocycles. The molecule has 0 bridgehead atoms. The van der Waals surface area contributed by atoms with Gasteiger partial charge in [-0.1, -0.05) is 42.5 Å². The lowest BCUT2D eigenvalue weighted by Gasteiger charge is -2.04. The number of hydrogen-bond acceptors (Lipinski definition) is 3. The number of hydrogen-bond donors (Lipinski definition) is 3. The predicted octanol–water partition coefficient (Wildman–Crippen LogP) is 1.72. The van der Waals surface area contributed by atoms with E-state index >= 15 is 0 Å². The summed E-state index contributed by atoms with van der Waals surface area (Å²) in [6, 6.07) is 16.3. The summed E-state index contributed by atoms with van der Waals surface area (Å²) in [4.78, 5) is 27.2. The maximum Gasteiger partial charge on any atom is 0.440 e. The molecule has 0 saturated carbocycles. The van der Waals surface area contributed by atoms with E-state index in [1.165, 1.54) is 12.1 Å². The quantitative estimate of drug-likeness (QED) is 0.694. The normalized spacial score (nSPS) is 11.4. The third kappa shape index (κ3) is 2.46. The van der Waals surface area contributed by atoms with E-state index in [1.807, 2.05) is 30.3 Å². The van der Waals surface area contributed by atoms with Crippen molar-refractivity contribution in [2.75, 3.05) is 0 Å². The summed E-state index contributed by atoms with van der Waals surface area (Å²) in [6.45, 7) is 0. The van der Waals surface area contributed by atoms with Crippen molar-refractivity contribution in [2.45, 2.75) is 0 Å². The van der Waals surface area contributed by atoms with Gasteiger partial charge < -0.3 is 0 Å². The van der Waals surface area contributed by atoms with Gasteiger partial charge in [0.1, 0.15) is 0 Å². The second-order valence-electron chi connectivity index (χ2n) is 3.48. The molecule has 16 heavy (non-hydrogen) atoms. The van der Waals surface area contributed by atoms with Crippen LogP contribution in [0.1, 0.15) is 0 Å². The Balaban J connectivity index is 2.34. The zero-order valence-corrected chi connectivity index (χ0v) is 9.38. The van der Waals surface area contributed by atoms with Gasteiger partial charge in [0.25, 0.3) is 0 Å². The van der Waals surface area contributed by atoms with Crippen molar-refractivity contribution in [2.24, 2.45) is 0 Å². The molecule has 0 atom stereocenters. The van der Waals surface area contributed by atoms with Crippen molar-refractivity contribution in [3.63, 3.8) is 0 Å². The molecular weight excluding hydrogens is 223 g/mol. The van der Waals surface area contributed by atoms with E-state index in [-0.39, 0.29) is 5.30 Å². The van der Waals surface area contributed by atoms with Crippen molar-refractivity contribution in [1.29, 1.82) is 0 Å². The molecule has 0 aliphatic heterocycles. The molecule has 0 aliphatic carbocycles. The fourth-order valence-electron chi connectivity index (χ4n) is 1.48. The minimum atomic E-state index is -3.88. The molecule has 0 fully saturated rings. The molecule has 0 spiro atoms. The number of benzene rings is 2. The van der Waals surface area contributed by atoms with Crippen LogP contribution in [0.2, 0.25) is 0 Å². The summed E-state index contributed by atoms with van der Waals surface area (Å²) in [5.74, 6) is 0. The zero-order chi connectivity index (χ0) is 11.6. The SMILES string of the molecule is O[P+](O)(O)c1ccc(-c2ccccc2)cc1. The van der Waals surface area contributed by atoms with E-state index in [0.29, 0.717) is 0 Å². The van der Waals surface area contributed by atoms with Crippen molar-refractivity contribution in [1.82, 2.24) is 0 Å². The van der Waals surface area contributed by atoms with Crippen LogP contribution in [-0.4, -0.2) is 14.7 Å². The summed E-state index contributed by atoms with van der Waals surface area (Å²) < 4.78 is 0. The van der Waals surface area contributed by atoms with Gasteiger partial charge in [-0.15, -0.1) is 0 Å². The van der Waals surface area contributed by atoms with Crippen LogP contribution >= 0.6 is 7.94 Å². The molecule has 3 nitrogen and oxygen atoms in total. The van der Waals surface area contributed by atoms with Crippen molar-refractivity contribution in [3.8, 4) is 11.1 Å². The van der Waals surface area contributed by atoms with E-state index in [9.17, 15) is 0 Å². The summed E-state index contributed by atoms with van der Waals surface area (Å²) in [5.41, 5.74) is 2.02. The van der Waals surface area contributed by atoms with Crippen molar-refractivity contribution < 1.29 is 14.7 Å². The highest BCUT2D eigenvalue weighted by Gasteiger charge is 2.33. The fraction of sp³-hybridized carbons (Fsp3) is 0. The van der Waals surface area contributed by atoms with Gasteiger partial charge in [-0.05, 0) is 23.3 Å². The first kappa shape index (κ1) is 11.2. The van der Waals surface area contributed by atoms with E-state index < -0.39 is 7.94 Å². The molecule has 2 aromatic rings. The molecule has 82 valence electrons. The summed E-state index contributed by atoms with van der Waals surface area (Å²) in [6.07, 6.45) is 0. The predicted molar refractivity (Wildman–Crippen MR) is 65.1 cm³/mol. The van der Waals surface area contributed by atoms with E-state index in [2.05, 4.69) is 0 Å². The molecule has 2 rings (SSSR count). The average molecular weight is 235 g/mol. The third-order valence-electron chi connectivity index (χ3n) is 2.32. The molecule has 0 radical (unpaired) electrons. The van der Waals surface area contributed by atoms with Crippen LogP contribution in [0.4, 0.5) is 0 Å². The second kappa shape index (κ2) is 4.32. The third-order valence-corrected chi connectivity index (χ3v) is 3.31. The molecule has 0 saturated heterocycles. The standard InChI is InChI=1S/C12H12O3P/c13-16(14,15)12-8-6-11(7-9-12)10-4-2-1-3-5-10/h1-9,13-15H/q+1. The lowest BCUT2D eigenvalue weighted by molar-refractivity contribution is 0.347. The van der Waals surface area contributed by atoms with Gasteiger partial charge in [0, 0.05) is 0 Å². The summed E-state index contributed by atoms with van der Waals surface area (Å²) >= 11 is 0. The second-order valence-corrected chi connectivity index (χ2v) is 5.13. The highest BCUT2D eigenvalue weighted by molar-refractivity contribution is 7.66. The van der Waals surface area contributed by atoms with E-state index in [1.54, 1.807) is 12.1 Å². The van der Waals surface area contributed by atoms with Gasteiger partial charge in [0.2, 0.25) is 0 Å². The highest BCUT2D eigenvalue weighted by atomic mass is 31.2. The lowest BCUT2D eigenvalue weighted by Crippen LogP contribution is -2.08. The highest BCUT2D eigenvalue weighted by Crippen LogP contribution is 2.43. The Hall–Kier alpha value is -1.25. The number of rotatable bonds is 2. The van der Waals surface area contributed by atoms with Crippen LogP contribution in [0.5, 0.6) is 0 Å². The van der Waals surface area contributed by atoms with Gasteiger partial charge in [0.15, 0.2) is 5.30 Å². The molecule has 0 heterocycles. The molecular formula is C12H12O3P+. The Bertz CT molecular complexity index is 460.